The highest BCUT2D eigenvalue weighted by molar-refractivity contribution is 6.31. The molecule has 1 aromatic heterocycles. The second kappa shape index (κ2) is 11.6. The van der Waals surface area contributed by atoms with E-state index in [1.807, 2.05) is 0 Å². The van der Waals surface area contributed by atoms with Gasteiger partial charge < -0.3 is 4.74 Å². The van der Waals surface area contributed by atoms with Crippen molar-refractivity contribution in [2.45, 2.75) is 12.8 Å². The number of benzene rings is 4. The van der Waals surface area contributed by atoms with Gasteiger partial charge in [-0.15, -0.1) is 0 Å². The summed E-state index contributed by atoms with van der Waals surface area (Å²) in [5.74, 6) is -0.397. The van der Waals surface area contributed by atoms with Gasteiger partial charge in [-0.1, -0.05) is 65.7 Å². The number of para-hydroxylation sites is 1. The van der Waals surface area contributed by atoms with Crippen molar-refractivity contribution in [3.8, 4) is 17.1 Å². The first-order valence-corrected chi connectivity index (χ1v) is 12.9. The first-order valence-electron chi connectivity index (χ1n) is 12.1. The van der Waals surface area contributed by atoms with Crippen LogP contribution in [-0.4, -0.2) is 20.8 Å². The molecule has 0 aliphatic rings. The second-order valence-electron chi connectivity index (χ2n) is 8.87. The molecule has 212 valence electrons. The maximum absolute atomic E-state index is 13.5. The van der Waals surface area contributed by atoms with Crippen molar-refractivity contribution < 1.29 is 22.8 Å². The summed E-state index contributed by atoms with van der Waals surface area (Å²) >= 11 is 12.4. The number of nitro benzene ring substituents is 1. The number of hydrogen-bond donors (Lipinski definition) is 0. The van der Waals surface area contributed by atoms with Crippen molar-refractivity contribution in [3.63, 3.8) is 0 Å². The molecule has 0 atom stereocenters. The molecule has 0 N–H and O–H groups in total. The van der Waals surface area contributed by atoms with Crippen LogP contribution in [0.15, 0.2) is 94.8 Å². The SMILES string of the molecule is O=c1c2ccccc2nc(-c2cccc(C(F)(F)F)c2)n1N=Cc1cc(Cl)cc([N+](=O)[O-])c1OCc1ccccc1Cl. The minimum atomic E-state index is -4.64. The number of alkyl halides is 3. The summed E-state index contributed by atoms with van der Waals surface area (Å²) in [7, 11) is 0. The summed E-state index contributed by atoms with van der Waals surface area (Å²) in [5, 5.41) is 16.6. The van der Waals surface area contributed by atoms with Crippen LogP contribution < -0.4 is 10.3 Å². The summed E-state index contributed by atoms with van der Waals surface area (Å²) in [6.45, 7) is -0.143. The van der Waals surface area contributed by atoms with Gasteiger partial charge in [0, 0.05) is 32.8 Å². The monoisotopic (exact) mass is 612 g/mol. The molecule has 4 aromatic carbocycles. The van der Waals surface area contributed by atoms with Crippen molar-refractivity contribution in [2.75, 3.05) is 0 Å². The van der Waals surface area contributed by atoms with E-state index in [1.54, 1.807) is 42.5 Å². The van der Waals surface area contributed by atoms with Crippen LogP contribution in [0.1, 0.15) is 16.7 Å². The van der Waals surface area contributed by atoms with Gasteiger partial charge in [0.15, 0.2) is 5.82 Å². The van der Waals surface area contributed by atoms with Crippen LogP contribution in [0.3, 0.4) is 0 Å². The van der Waals surface area contributed by atoms with Gasteiger partial charge in [-0.05, 0) is 36.4 Å². The van der Waals surface area contributed by atoms with Gasteiger partial charge in [-0.2, -0.15) is 22.9 Å². The Hall–Kier alpha value is -4.74. The fraction of sp³-hybridized carbons (Fsp3) is 0.0690. The average Bonchev–Trinajstić information content (AvgIpc) is 2.96. The minimum absolute atomic E-state index is 0.0182. The van der Waals surface area contributed by atoms with Crippen LogP contribution in [0.25, 0.3) is 22.3 Å². The van der Waals surface area contributed by atoms with Crippen molar-refractivity contribution >= 4 is 46.0 Å². The van der Waals surface area contributed by atoms with Crippen LogP contribution in [0.5, 0.6) is 5.75 Å². The molecule has 0 fully saturated rings. The molecule has 1 heterocycles. The number of nitrogens with zero attached hydrogens (tertiary/aromatic N) is 4. The van der Waals surface area contributed by atoms with Crippen molar-refractivity contribution in [1.29, 1.82) is 0 Å². The van der Waals surface area contributed by atoms with E-state index in [-0.39, 0.29) is 45.2 Å². The van der Waals surface area contributed by atoms with Crippen LogP contribution in [-0.2, 0) is 12.8 Å². The lowest BCUT2D eigenvalue weighted by Gasteiger charge is -2.13. The first kappa shape index (κ1) is 28.8. The number of hydrogen-bond acceptors (Lipinski definition) is 6. The molecule has 0 bridgehead atoms. The van der Waals surface area contributed by atoms with Crippen LogP contribution >= 0.6 is 23.2 Å². The van der Waals surface area contributed by atoms with Gasteiger partial charge in [0.2, 0.25) is 5.75 Å². The molecular weight excluding hydrogens is 596 g/mol. The van der Waals surface area contributed by atoms with Crippen LogP contribution in [0.4, 0.5) is 18.9 Å². The minimum Gasteiger partial charge on any atom is -0.481 e. The fourth-order valence-electron chi connectivity index (χ4n) is 4.13. The van der Waals surface area contributed by atoms with E-state index in [0.29, 0.717) is 10.6 Å². The Labute approximate surface area is 245 Å². The molecule has 0 saturated carbocycles. The highest BCUT2D eigenvalue weighted by Gasteiger charge is 2.31. The number of aromatic nitrogens is 2. The van der Waals surface area contributed by atoms with Crippen LogP contribution in [0.2, 0.25) is 10.0 Å². The van der Waals surface area contributed by atoms with Gasteiger partial charge in [-0.3, -0.25) is 14.9 Å². The molecule has 0 unspecified atom stereocenters. The molecular formula is C29H17Cl2F3N4O4. The zero-order valence-corrected chi connectivity index (χ0v) is 22.7. The summed E-state index contributed by atoms with van der Waals surface area (Å²) in [5.41, 5.74) is -1.32. The lowest BCUT2D eigenvalue weighted by molar-refractivity contribution is -0.385. The van der Waals surface area contributed by atoms with E-state index in [2.05, 4.69) is 10.1 Å². The Bertz CT molecular complexity index is 1930. The zero-order valence-electron chi connectivity index (χ0n) is 21.2. The Balaban J connectivity index is 1.67. The Morgan fingerprint density at radius 3 is 2.48 bits per heavy atom. The molecule has 0 amide bonds. The largest absolute Gasteiger partial charge is 0.481 e. The predicted molar refractivity (Wildman–Crippen MR) is 153 cm³/mol. The first-order chi connectivity index (χ1) is 20.0. The Kier molecular flexibility index (Phi) is 7.97. The van der Waals surface area contributed by atoms with E-state index in [0.717, 1.165) is 29.1 Å². The normalized spacial score (nSPS) is 11.7. The number of nitro groups is 1. The van der Waals surface area contributed by atoms with E-state index in [9.17, 15) is 28.1 Å². The number of halogens is 5. The zero-order chi connectivity index (χ0) is 30.0. The highest BCUT2D eigenvalue weighted by atomic mass is 35.5. The second-order valence-corrected chi connectivity index (χ2v) is 9.72. The van der Waals surface area contributed by atoms with Gasteiger partial charge in [0.1, 0.15) is 6.61 Å². The molecule has 0 aliphatic carbocycles. The number of rotatable bonds is 7. The van der Waals surface area contributed by atoms with Crippen molar-refractivity contribution in [2.24, 2.45) is 5.10 Å². The third-order valence-electron chi connectivity index (χ3n) is 6.10. The lowest BCUT2D eigenvalue weighted by atomic mass is 10.1. The van der Waals surface area contributed by atoms with Crippen molar-refractivity contribution in [1.82, 2.24) is 9.66 Å². The fourth-order valence-corrected chi connectivity index (χ4v) is 4.54. The third kappa shape index (κ3) is 5.97. The molecule has 5 rings (SSSR count). The topological polar surface area (TPSA) is 99.6 Å². The molecule has 0 saturated heterocycles. The van der Waals surface area contributed by atoms with E-state index in [1.165, 1.54) is 24.3 Å². The smallest absolute Gasteiger partial charge is 0.416 e. The molecule has 0 aliphatic heterocycles. The molecule has 0 spiro atoms. The maximum atomic E-state index is 13.5. The maximum Gasteiger partial charge on any atom is 0.416 e. The Morgan fingerprint density at radius 1 is 1.00 bits per heavy atom. The highest BCUT2D eigenvalue weighted by Crippen LogP contribution is 2.35. The van der Waals surface area contributed by atoms with Crippen LogP contribution in [0, 0.1) is 10.1 Å². The van der Waals surface area contributed by atoms with E-state index < -0.39 is 27.9 Å². The molecule has 5 aromatic rings. The molecule has 8 nitrogen and oxygen atoms in total. The Morgan fingerprint density at radius 2 is 1.74 bits per heavy atom. The standard InChI is InChI=1S/C29H17Cl2F3N4O4/c30-21-13-19(26(25(14-21)38(40)41)42-16-18-6-1-3-10-23(18)31)15-35-37-27(17-7-5-8-20(12-17)29(32,33)34)36-24-11-4-2-9-22(24)28(37)39/h1-15H,16H2. The average molecular weight is 613 g/mol. The summed E-state index contributed by atoms with van der Waals surface area (Å²) in [6.07, 6.45) is -3.55. The number of ether oxygens (including phenoxy) is 1. The summed E-state index contributed by atoms with van der Waals surface area (Å²) in [4.78, 5) is 29.1. The summed E-state index contributed by atoms with van der Waals surface area (Å²) in [6, 6.07) is 19.7. The summed E-state index contributed by atoms with van der Waals surface area (Å²) < 4.78 is 47.1. The molecule has 42 heavy (non-hydrogen) atoms. The predicted octanol–water partition coefficient (Wildman–Crippen LogP) is 7.76. The van der Waals surface area contributed by atoms with Gasteiger partial charge in [-0.25, -0.2) is 4.98 Å². The van der Waals surface area contributed by atoms with E-state index in [4.69, 9.17) is 27.9 Å². The number of fused-ring (bicyclic) bond motifs is 1. The van der Waals surface area contributed by atoms with Gasteiger partial charge in [0.25, 0.3) is 5.56 Å². The molecule has 0 radical (unpaired) electrons. The van der Waals surface area contributed by atoms with Gasteiger partial charge in [0.05, 0.1) is 27.6 Å². The van der Waals surface area contributed by atoms with Gasteiger partial charge >= 0.3 is 11.9 Å². The van der Waals surface area contributed by atoms with Crippen molar-refractivity contribution in [3.05, 3.63) is 132 Å². The van der Waals surface area contributed by atoms with E-state index >= 15 is 0 Å². The third-order valence-corrected chi connectivity index (χ3v) is 6.69. The lowest BCUT2D eigenvalue weighted by Crippen LogP contribution is -2.20. The molecule has 13 heteroatoms. The quantitative estimate of drug-likeness (QED) is 0.106.